The number of rotatable bonds is 11. The molecular formula is C31H37BrN2O3. The number of carbonyl (C=O) groups excluding carboxylic acids is 2. The van der Waals surface area contributed by atoms with Crippen molar-refractivity contribution in [3.8, 4) is 5.75 Å². The minimum atomic E-state index is -0.679. The van der Waals surface area contributed by atoms with E-state index in [0.717, 1.165) is 38.7 Å². The first kappa shape index (κ1) is 28.5. The highest BCUT2D eigenvalue weighted by Crippen LogP contribution is 2.26. The number of amides is 2. The van der Waals surface area contributed by atoms with E-state index >= 15 is 0 Å². The summed E-state index contributed by atoms with van der Waals surface area (Å²) in [5.74, 6) is 0.235. The first-order valence-electron chi connectivity index (χ1n) is 12.8. The Hall–Kier alpha value is -3.12. The first-order chi connectivity index (χ1) is 17.7. The van der Waals surface area contributed by atoms with Crippen molar-refractivity contribution in [1.82, 2.24) is 10.2 Å². The quantitative estimate of drug-likeness (QED) is 0.297. The lowest BCUT2D eigenvalue weighted by Gasteiger charge is -2.32. The third kappa shape index (κ3) is 8.19. The topological polar surface area (TPSA) is 58.6 Å². The van der Waals surface area contributed by atoms with E-state index < -0.39 is 6.04 Å². The molecule has 0 aliphatic rings. The van der Waals surface area contributed by atoms with Gasteiger partial charge in [0.1, 0.15) is 11.8 Å². The molecule has 3 aromatic carbocycles. The van der Waals surface area contributed by atoms with Crippen LogP contribution in [0.1, 0.15) is 48.1 Å². The summed E-state index contributed by atoms with van der Waals surface area (Å²) in [7, 11) is 0. The second-order valence-corrected chi connectivity index (χ2v) is 10.5. The Bertz CT molecular complexity index is 1170. The van der Waals surface area contributed by atoms with E-state index in [1.807, 2.05) is 101 Å². The van der Waals surface area contributed by atoms with Crippen molar-refractivity contribution in [2.45, 2.75) is 66.1 Å². The molecule has 5 nitrogen and oxygen atoms in total. The van der Waals surface area contributed by atoms with Crippen LogP contribution in [0.15, 0.2) is 71.2 Å². The predicted molar refractivity (Wildman–Crippen MR) is 153 cm³/mol. The molecule has 0 fully saturated rings. The number of aryl methyl sites for hydroxylation is 3. The van der Waals surface area contributed by atoms with Gasteiger partial charge >= 0.3 is 0 Å². The molecule has 0 aliphatic carbocycles. The van der Waals surface area contributed by atoms with Gasteiger partial charge in [0.2, 0.25) is 5.91 Å². The van der Waals surface area contributed by atoms with E-state index in [4.69, 9.17) is 4.74 Å². The third-order valence-corrected chi connectivity index (χ3v) is 7.77. The average molecular weight is 566 g/mol. The molecule has 2 unspecified atom stereocenters. The highest BCUT2D eigenvalue weighted by molar-refractivity contribution is 9.10. The van der Waals surface area contributed by atoms with Gasteiger partial charge in [0.15, 0.2) is 6.61 Å². The van der Waals surface area contributed by atoms with Gasteiger partial charge in [0.25, 0.3) is 5.91 Å². The molecule has 0 spiro atoms. The Morgan fingerprint density at radius 3 is 2.16 bits per heavy atom. The van der Waals surface area contributed by atoms with Crippen molar-refractivity contribution in [1.29, 1.82) is 0 Å². The molecular weight excluding hydrogens is 528 g/mol. The molecule has 37 heavy (non-hydrogen) atoms. The fourth-order valence-corrected chi connectivity index (χ4v) is 4.33. The molecule has 0 saturated heterocycles. The van der Waals surface area contributed by atoms with Crippen LogP contribution in [0.4, 0.5) is 0 Å². The number of benzene rings is 3. The SMILES string of the molecule is CCC(C)NC(=O)C(Cc1ccccc1)N(Cc1ccc(C)cc1)C(=O)COc1cc(C)c(Br)c(C)c1. The smallest absolute Gasteiger partial charge is 0.261 e. The lowest BCUT2D eigenvalue weighted by Crippen LogP contribution is -2.53. The summed E-state index contributed by atoms with van der Waals surface area (Å²) in [6, 6.07) is 21.0. The molecule has 196 valence electrons. The molecule has 0 aliphatic heterocycles. The molecule has 3 rings (SSSR count). The number of hydrogen-bond donors (Lipinski definition) is 1. The summed E-state index contributed by atoms with van der Waals surface area (Å²) < 4.78 is 6.99. The largest absolute Gasteiger partial charge is 0.484 e. The van der Waals surface area contributed by atoms with Gasteiger partial charge in [0, 0.05) is 23.5 Å². The lowest BCUT2D eigenvalue weighted by molar-refractivity contribution is -0.143. The van der Waals surface area contributed by atoms with Crippen molar-refractivity contribution in [2.24, 2.45) is 0 Å². The fourth-order valence-electron chi connectivity index (χ4n) is 4.10. The lowest BCUT2D eigenvalue weighted by atomic mass is 10.0. The van der Waals surface area contributed by atoms with Gasteiger partial charge in [0.05, 0.1) is 0 Å². The summed E-state index contributed by atoms with van der Waals surface area (Å²) in [4.78, 5) is 28.9. The Labute approximate surface area is 229 Å². The zero-order valence-corrected chi connectivity index (χ0v) is 24.0. The van der Waals surface area contributed by atoms with Gasteiger partial charge in [-0.1, -0.05) is 83.0 Å². The summed E-state index contributed by atoms with van der Waals surface area (Å²) in [6.07, 6.45) is 1.22. The van der Waals surface area contributed by atoms with Crippen LogP contribution >= 0.6 is 15.9 Å². The molecule has 0 radical (unpaired) electrons. The van der Waals surface area contributed by atoms with E-state index in [1.165, 1.54) is 0 Å². The molecule has 2 amide bonds. The maximum Gasteiger partial charge on any atom is 0.261 e. The van der Waals surface area contributed by atoms with Crippen molar-refractivity contribution in [2.75, 3.05) is 6.61 Å². The summed E-state index contributed by atoms with van der Waals surface area (Å²) >= 11 is 3.58. The summed E-state index contributed by atoms with van der Waals surface area (Å²) in [6.45, 7) is 10.2. The van der Waals surface area contributed by atoms with Crippen LogP contribution in [0.2, 0.25) is 0 Å². The second-order valence-electron chi connectivity index (χ2n) is 9.69. The highest BCUT2D eigenvalue weighted by atomic mass is 79.9. The van der Waals surface area contributed by atoms with Crippen molar-refractivity contribution < 1.29 is 14.3 Å². The molecule has 0 aromatic heterocycles. The standard InChI is InChI=1S/C31H37BrN2O3/c1-6-24(5)33-31(36)28(18-25-10-8-7-9-11-25)34(19-26-14-12-21(2)13-15-26)29(35)20-37-27-16-22(3)30(32)23(4)17-27/h7-17,24,28H,6,18-20H2,1-5H3,(H,33,36). The Balaban J connectivity index is 1.92. The number of nitrogens with one attached hydrogen (secondary N) is 1. The van der Waals surface area contributed by atoms with Crippen molar-refractivity contribution in [3.05, 3.63) is 99.0 Å². The van der Waals surface area contributed by atoms with Crippen LogP contribution in [0.5, 0.6) is 5.75 Å². The van der Waals surface area contributed by atoms with Crippen LogP contribution in [0.25, 0.3) is 0 Å². The Morgan fingerprint density at radius 2 is 1.57 bits per heavy atom. The number of ether oxygens (including phenoxy) is 1. The molecule has 2 atom stereocenters. The fraction of sp³-hybridized carbons (Fsp3) is 0.355. The van der Waals surface area contributed by atoms with Gasteiger partial charge in [-0.05, 0) is 68.5 Å². The Kier molecular flexibility index (Phi) is 10.3. The van der Waals surface area contributed by atoms with Crippen LogP contribution in [-0.4, -0.2) is 35.4 Å². The molecule has 0 heterocycles. The second kappa shape index (κ2) is 13.4. The maximum atomic E-state index is 13.7. The summed E-state index contributed by atoms with van der Waals surface area (Å²) in [5, 5.41) is 3.10. The van der Waals surface area contributed by atoms with E-state index in [0.29, 0.717) is 18.7 Å². The van der Waals surface area contributed by atoms with E-state index in [2.05, 4.69) is 21.2 Å². The number of hydrogen-bond acceptors (Lipinski definition) is 3. The van der Waals surface area contributed by atoms with E-state index in [-0.39, 0.29) is 24.5 Å². The average Bonchev–Trinajstić information content (AvgIpc) is 2.89. The van der Waals surface area contributed by atoms with Gasteiger partial charge in [-0.25, -0.2) is 0 Å². The van der Waals surface area contributed by atoms with Crippen molar-refractivity contribution in [3.63, 3.8) is 0 Å². The molecule has 1 N–H and O–H groups in total. The maximum absolute atomic E-state index is 13.7. The minimum absolute atomic E-state index is 0.00654. The number of carbonyl (C=O) groups is 2. The van der Waals surface area contributed by atoms with Gasteiger partial charge in [-0.2, -0.15) is 0 Å². The van der Waals surface area contributed by atoms with Crippen molar-refractivity contribution >= 4 is 27.7 Å². The van der Waals surface area contributed by atoms with Gasteiger partial charge in [-0.15, -0.1) is 0 Å². The number of nitrogens with zero attached hydrogens (tertiary/aromatic N) is 1. The monoisotopic (exact) mass is 564 g/mol. The zero-order chi connectivity index (χ0) is 26.9. The number of halogens is 1. The predicted octanol–water partition coefficient (Wildman–Crippen LogP) is 6.31. The van der Waals surface area contributed by atoms with E-state index in [9.17, 15) is 9.59 Å². The van der Waals surface area contributed by atoms with Crippen LogP contribution in [-0.2, 0) is 22.6 Å². The van der Waals surface area contributed by atoms with Crippen LogP contribution in [0.3, 0.4) is 0 Å². The van der Waals surface area contributed by atoms with Crippen LogP contribution < -0.4 is 10.1 Å². The highest BCUT2D eigenvalue weighted by Gasteiger charge is 2.31. The summed E-state index contributed by atoms with van der Waals surface area (Å²) in [5.41, 5.74) is 5.17. The molecule has 0 saturated carbocycles. The molecule has 3 aromatic rings. The van der Waals surface area contributed by atoms with Gasteiger partial charge < -0.3 is 15.0 Å². The minimum Gasteiger partial charge on any atom is -0.484 e. The van der Waals surface area contributed by atoms with Gasteiger partial charge in [-0.3, -0.25) is 9.59 Å². The first-order valence-corrected chi connectivity index (χ1v) is 13.6. The zero-order valence-electron chi connectivity index (χ0n) is 22.4. The Morgan fingerprint density at radius 1 is 0.946 bits per heavy atom. The van der Waals surface area contributed by atoms with E-state index in [1.54, 1.807) is 4.90 Å². The normalized spacial score (nSPS) is 12.5. The third-order valence-electron chi connectivity index (χ3n) is 6.52. The van der Waals surface area contributed by atoms with Crippen LogP contribution in [0, 0.1) is 20.8 Å². The molecule has 0 bridgehead atoms. The molecule has 6 heteroatoms.